The SMILES string of the molecule is CC(=O)N1CCN(C(=O)CNc2cc(Cl)c(Cl)cc2I)CC1. The minimum absolute atomic E-state index is 0.00470. The van der Waals surface area contributed by atoms with Crippen LogP contribution in [0.1, 0.15) is 6.92 Å². The van der Waals surface area contributed by atoms with E-state index in [9.17, 15) is 9.59 Å². The second kappa shape index (κ2) is 7.70. The van der Waals surface area contributed by atoms with Gasteiger partial charge in [-0.15, -0.1) is 0 Å². The highest BCUT2D eigenvalue weighted by Crippen LogP contribution is 2.29. The number of carbonyl (C=O) groups excluding carboxylic acids is 2. The van der Waals surface area contributed by atoms with Crippen molar-refractivity contribution in [3.8, 4) is 0 Å². The first-order valence-electron chi connectivity index (χ1n) is 6.80. The van der Waals surface area contributed by atoms with Gasteiger partial charge in [0.2, 0.25) is 11.8 Å². The summed E-state index contributed by atoms with van der Waals surface area (Å²) in [5, 5.41) is 4.03. The Balaban J connectivity index is 1.89. The minimum Gasteiger partial charge on any atom is -0.375 e. The fourth-order valence-corrected chi connectivity index (χ4v) is 3.38. The Morgan fingerprint density at radius 1 is 1.14 bits per heavy atom. The fraction of sp³-hybridized carbons (Fsp3) is 0.429. The summed E-state index contributed by atoms with van der Waals surface area (Å²) >= 11 is 14.1. The van der Waals surface area contributed by atoms with Crippen LogP contribution in [0.4, 0.5) is 5.69 Å². The quantitative estimate of drug-likeness (QED) is 0.563. The molecule has 1 aliphatic rings. The molecule has 0 bridgehead atoms. The number of halogens is 3. The van der Waals surface area contributed by atoms with Gasteiger partial charge in [-0.3, -0.25) is 9.59 Å². The Bertz CT molecular complexity index is 590. The molecular weight excluding hydrogens is 440 g/mol. The Labute approximate surface area is 153 Å². The van der Waals surface area contributed by atoms with Crippen molar-refractivity contribution < 1.29 is 9.59 Å². The Morgan fingerprint density at radius 2 is 1.68 bits per heavy atom. The zero-order chi connectivity index (χ0) is 16.3. The summed E-state index contributed by atoms with van der Waals surface area (Å²) in [6.45, 7) is 4.05. The van der Waals surface area contributed by atoms with Gasteiger partial charge in [-0.2, -0.15) is 0 Å². The van der Waals surface area contributed by atoms with Gasteiger partial charge in [-0.25, -0.2) is 0 Å². The third-order valence-corrected chi connectivity index (χ3v) is 5.13. The van der Waals surface area contributed by atoms with Gasteiger partial charge in [0.05, 0.1) is 16.6 Å². The molecule has 0 atom stereocenters. The number of nitrogens with zero attached hydrogens (tertiary/aromatic N) is 2. The third kappa shape index (κ3) is 4.39. The molecule has 1 aromatic rings. The lowest BCUT2D eigenvalue weighted by molar-refractivity contribution is -0.137. The van der Waals surface area contributed by atoms with Crippen LogP contribution >= 0.6 is 45.8 Å². The van der Waals surface area contributed by atoms with Gasteiger partial charge in [-0.1, -0.05) is 23.2 Å². The van der Waals surface area contributed by atoms with E-state index in [2.05, 4.69) is 27.9 Å². The fourth-order valence-electron chi connectivity index (χ4n) is 2.21. The van der Waals surface area contributed by atoms with Crippen molar-refractivity contribution in [3.63, 3.8) is 0 Å². The first kappa shape index (κ1) is 17.6. The maximum Gasteiger partial charge on any atom is 0.241 e. The van der Waals surface area contributed by atoms with E-state index < -0.39 is 0 Å². The number of benzene rings is 1. The second-order valence-electron chi connectivity index (χ2n) is 4.99. The van der Waals surface area contributed by atoms with Gasteiger partial charge in [-0.05, 0) is 34.7 Å². The molecule has 0 unspecified atom stereocenters. The van der Waals surface area contributed by atoms with Crippen LogP contribution in [-0.4, -0.2) is 54.3 Å². The maximum atomic E-state index is 12.2. The molecule has 0 aliphatic carbocycles. The molecule has 0 aromatic heterocycles. The van der Waals surface area contributed by atoms with Crippen molar-refractivity contribution >= 4 is 63.3 Å². The average molecular weight is 456 g/mol. The molecule has 1 N–H and O–H groups in total. The van der Waals surface area contributed by atoms with Gasteiger partial charge in [0.1, 0.15) is 0 Å². The number of piperazine rings is 1. The topological polar surface area (TPSA) is 52.7 Å². The monoisotopic (exact) mass is 455 g/mol. The lowest BCUT2D eigenvalue weighted by Crippen LogP contribution is -2.51. The Hall–Kier alpha value is -0.730. The maximum absolute atomic E-state index is 12.2. The van der Waals surface area contributed by atoms with Crippen LogP contribution in [-0.2, 0) is 9.59 Å². The molecule has 2 rings (SSSR count). The number of rotatable bonds is 3. The molecule has 1 aromatic carbocycles. The zero-order valence-electron chi connectivity index (χ0n) is 12.0. The van der Waals surface area contributed by atoms with Gasteiger partial charge in [0.15, 0.2) is 0 Å². The van der Waals surface area contributed by atoms with Crippen LogP contribution in [0, 0.1) is 3.57 Å². The molecule has 1 heterocycles. The van der Waals surface area contributed by atoms with Gasteiger partial charge < -0.3 is 15.1 Å². The van der Waals surface area contributed by atoms with Crippen molar-refractivity contribution in [1.82, 2.24) is 9.80 Å². The van der Waals surface area contributed by atoms with E-state index in [4.69, 9.17) is 23.2 Å². The van der Waals surface area contributed by atoms with Crippen LogP contribution in [0.15, 0.2) is 12.1 Å². The normalized spacial score (nSPS) is 14.9. The highest BCUT2D eigenvalue weighted by atomic mass is 127. The van der Waals surface area contributed by atoms with Gasteiger partial charge in [0.25, 0.3) is 0 Å². The van der Waals surface area contributed by atoms with Crippen molar-refractivity contribution in [2.75, 3.05) is 38.0 Å². The van der Waals surface area contributed by atoms with Crippen LogP contribution in [0.25, 0.3) is 0 Å². The third-order valence-electron chi connectivity index (χ3n) is 3.52. The summed E-state index contributed by atoms with van der Waals surface area (Å²) in [6.07, 6.45) is 0. The van der Waals surface area contributed by atoms with E-state index in [1.807, 2.05) is 0 Å². The van der Waals surface area contributed by atoms with E-state index >= 15 is 0 Å². The Morgan fingerprint density at radius 3 is 2.27 bits per heavy atom. The molecule has 22 heavy (non-hydrogen) atoms. The molecule has 1 saturated heterocycles. The summed E-state index contributed by atoms with van der Waals surface area (Å²) in [5.41, 5.74) is 0.783. The van der Waals surface area contributed by atoms with E-state index in [1.165, 1.54) is 0 Å². The number of amides is 2. The lowest BCUT2D eigenvalue weighted by atomic mass is 10.3. The summed E-state index contributed by atoms with van der Waals surface area (Å²) in [7, 11) is 0. The standard InChI is InChI=1S/C14H16Cl2IN3O2/c1-9(21)19-2-4-20(5-3-19)14(22)8-18-13-7-11(16)10(15)6-12(13)17/h6-7,18H,2-5,8H2,1H3. The van der Waals surface area contributed by atoms with E-state index in [-0.39, 0.29) is 18.4 Å². The minimum atomic E-state index is 0.00470. The van der Waals surface area contributed by atoms with Crippen LogP contribution in [0.2, 0.25) is 10.0 Å². The second-order valence-corrected chi connectivity index (χ2v) is 6.96. The zero-order valence-corrected chi connectivity index (χ0v) is 15.7. The van der Waals surface area contributed by atoms with E-state index in [0.29, 0.717) is 36.2 Å². The smallest absolute Gasteiger partial charge is 0.241 e. The number of anilines is 1. The molecule has 8 heteroatoms. The molecule has 120 valence electrons. The molecule has 0 saturated carbocycles. The average Bonchev–Trinajstić information content (AvgIpc) is 2.49. The van der Waals surface area contributed by atoms with Crippen molar-refractivity contribution in [3.05, 3.63) is 25.7 Å². The number of hydrogen-bond acceptors (Lipinski definition) is 3. The highest BCUT2D eigenvalue weighted by molar-refractivity contribution is 14.1. The molecule has 0 spiro atoms. The predicted molar refractivity (Wildman–Crippen MR) is 96.5 cm³/mol. The van der Waals surface area contributed by atoms with Gasteiger partial charge in [0, 0.05) is 42.4 Å². The summed E-state index contributed by atoms with van der Waals surface area (Å²) < 4.78 is 0.904. The molecule has 2 amide bonds. The molecule has 1 fully saturated rings. The molecule has 0 radical (unpaired) electrons. The Kier molecular flexibility index (Phi) is 6.17. The summed E-state index contributed by atoms with van der Waals surface area (Å²) in [5.74, 6) is 0.0562. The van der Waals surface area contributed by atoms with Crippen LogP contribution in [0.5, 0.6) is 0 Å². The van der Waals surface area contributed by atoms with Crippen molar-refractivity contribution in [2.24, 2.45) is 0 Å². The molecule has 5 nitrogen and oxygen atoms in total. The number of carbonyl (C=O) groups is 2. The van der Waals surface area contributed by atoms with E-state index in [0.717, 1.165) is 9.26 Å². The first-order chi connectivity index (χ1) is 10.4. The van der Waals surface area contributed by atoms with E-state index in [1.54, 1.807) is 28.9 Å². The first-order valence-corrected chi connectivity index (χ1v) is 8.63. The largest absolute Gasteiger partial charge is 0.375 e. The van der Waals surface area contributed by atoms with Gasteiger partial charge >= 0.3 is 0 Å². The highest BCUT2D eigenvalue weighted by Gasteiger charge is 2.22. The molecule has 1 aliphatic heterocycles. The predicted octanol–water partition coefficient (Wildman–Crippen LogP) is 2.70. The van der Waals surface area contributed by atoms with Crippen molar-refractivity contribution in [1.29, 1.82) is 0 Å². The summed E-state index contributed by atoms with van der Waals surface area (Å²) in [6, 6.07) is 3.47. The van der Waals surface area contributed by atoms with Crippen LogP contribution < -0.4 is 5.32 Å². The lowest BCUT2D eigenvalue weighted by Gasteiger charge is -2.34. The summed E-state index contributed by atoms with van der Waals surface area (Å²) in [4.78, 5) is 27.0. The number of hydrogen-bond donors (Lipinski definition) is 1. The van der Waals surface area contributed by atoms with Crippen LogP contribution in [0.3, 0.4) is 0 Å². The number of nitrogens with one attached hydrogen (secondary N) is 1. The van der Waals surface area contributed by atoms with Crippen molar-refractivity contribution in [2.45, 2.75) is 6.92 Å². The molecular formula is C14H16Cl2IN3O2.